The molecule has 6 heteroatoms. The van der Waals surface area contributed by atoms with Crippen molar-refractivity contribution in [3.05, 3.63) is 96.1 Å². The Hall–Kier alpha value is -3.35. The molecule has 2 heterocycles. The summed E-state index contributed by atoms with van der Waals surface area (Å²) in [6, 6.07) is 30.5. The van der Waals surface area contributed by atoms with Crippen LogP contribution in [-0.4, -0.2) is 93.7 Å². The summed E-state index contributed by atoms with van der Waals surface area (Å²) in [5.41, 5.74) is 3.90. The topological polar surface area (TPSA) is 39.3 Å². The number of benzene rings is 3. The first-order valence-corrected chi connectivity index (χ1v) is 15.2. The third-order valence-corrected chi connectivity index (χ3v) is 9.07. The van der Waals surface area contributed by atoms with Crippen molar-refractivity contribution >= 4 is 11.6 Å². The summed E-state index contributed by atoms with van der Waals surface area (Å²) in [7, 11) is 6.10. The first-order valence-electron chi connectivity index (χ1n) is 15.2. The lowest BCUT2D eigenvalue weighted by Crippen LogP contribution is -2.51. The number of carbonyl (C=O) groups is 1. The minimum Gasteiger partial charge on any atom is -0.497 e. The maximum Gasteiger partial charge on any atom is 0.222 e. The highest BCUT2D eigenvalue weighted by Crippen LogP contribution is 2.31. The maximum absolute atomic E-state index is 13.4. The van der Waals surface area contributed by atoms with Gasteiger partial charge in [-0.1, -0.05) is 66.7 Å². The Morgan fingerprint density at radius 2 is 1.54 bits per heavy atom. The molecule has 2 atom stereocenters. The smallest absolute Gasteiger partial charge is 0.222 e. The monoisotopic (exact) mass is 554 g/mol. The molecule has 0 spiro atoms. The molecule has 0 saturated carbocycles. The van der Waals surface area contributed by atoms with Gasteiger partial charge in [-0.3, -0.25) is 4.79 Å². The molecule has 5 rings (SSSR count). The predicted octanol–water partition coefficient (Wildman–Crippen LogP) is 5.21. The Bertz CT molecular complexity index is 1190. The fraction of sp³-hybridized carbons (Fsp3) is 0.457. The molecule has 41 heavy (non-hydrogen) atoms. The van der Waals surface area contributed by atoms with E-state index in [-0.39, 0.29) is 0 Å². The third kappa shape index (κ3) is 7.49. The van der Waals surface area contributed by atoms with E-state index in [1.165, 1.54) is 11.1 Å². The lowest BCUT2D eigenvalue weighted by atomic mass is 9.85. The number of nitrogens with zero attached hydrogens (tertiary/aromatic N) is 4. The summed E-state index contributed by atoms with van der Waals surface area (Å²) >= 11 is 0. The van der Waals surface area contributed by atoms with E-state index in [2.05, 4.69) is 106 Å². The van der Waals surface area contributed by atoms with Gasteiger partial charge in [0.2, 0.25) is 5.91 Å². The molecule has 1 amide bonds. The van der Waals surface area contributed by atoms with E-state index in [1.54, 1.807) is 7.11 Å². The maximum atomic E-state index is 13.4. The van der Waals surface area contributed by atoms with Gasteiger partial charge in [0.25, 0.3) is 0 Å². The highest BCUT2D eigenvalue weighted by molar-refractivity contribution is 5.76. The first-order chi connectivity index (χ1) is 20.0. The van der Waals surface area contributed by atoms with Crippen LogP contribution in [0.1, 0.15) is 36.3 Å². The molecule has 0 aromatic heterocycles. The molecule has 3 aromatic rings. The van der Waals surface area contributed by atoms with Crippen molar-refractivity contribution in [1.29, 1.82) is 0 Å². The number of piperazine rings is 1. The van der Waals surface area contributed by atoms with Gasteiger partial charge in [0.1, 0.15) is 5.75 Å². The molecule has 2 saturated heterocycles. The number of amides is 1. The first kappa shape index (κ1) is 29.2. The fourth-order valence-corrected chi connectivity index (χ4v) is 6.74. The third-order valence-electron chi connectivity index (χ3n) is 9.07. The van der Waals surface area contributed by atoms with Gasteiger partial charge >= 0.3 is 0 Å². The van der Waals surface area contributed by atoms with E-state index >= 15 is 0 Å². The molecule has 6 nitrogen and oxygen atoms in total. The molecule has 0 N–H and O–H groups in total. The molecule has 3 aromatic carbocycles. The second kappa shape index (κ2) is 14.0. The van der Waals surface area contributed by atoms with Gasteiger partial charge < -0.3 is 24.3 Å². The summed E-state index contributed by atoms with van der Waals surface area (Å²) in [4.78, 5) is 22.8. The number of anilines is 1. The van der Waals surface area contributed by atoms with Crippen molar-refractivity contribution < 1.29 is 9.53 Å². The minimum absolute atomic E-state index is 0.302. The van der Waals surface area contributed by atoms with Crippen LogP contribution in [0.3, 0.4) is 0 Å². The second-order valence-corrected chi connectivity index (χ2v) is 11.8. The van der Waals surface area contributed by atoms with Gasteiger partial charge in [-0.15, -0.1) is 0 Å². The molecule has 2 aliphatic rings. The van der Waals surface area contributed by atoms with Crippen molar-refractivity contribution in [2.45, 2.75) is 31.2 Å². The summed E-state index contributed by atoms with van der Waals surface area (Å²) in [5, 5.41) is 0. The largest absolute Gasteiger partial charge is 0.497 e. The number of ether oxygens (including phenoxy) is 1. The SMILES string of the molecule is COc1cccc(N2CCN(C(=O)CC[C@H]3CN(CC(c4ccccc4)c4ccccc4)CC[C@H]3N(C)C)CC2)c1. The number of likely N-dealkylation sites (tertiary alicyclic amines) is 1. The van der Waals surface area contributed by atoms with Gasteiger partial charge in [0.15, 0.2) is 0 Å². The van der Waals surface area contributed by atoms with E-state index in [0.717, 1.165) is 70.1 Å². The molecular formula is C35H46N4O2. The summed E-state index contributed by atoms with van der Waals surface area (Å²) in [6.07, 6.45) is 2.71. The van der Waals surface area contributed by atoms with Gasteiger partial charge in [-0.05, 0) is 62.7 Å². The van der Waals surface area contributed by atoms with Crippen LogP contribution in [-0.2, 0) is 4.79 Å². The lowest BCUT2D eigenvalue weighted by Gasteiger charge is -2.43. The number of methoxy groups -OCH3 is 1. The predicted molar refractivity (Wildman–Crippen MR) is 168 cm³/mol. The highest BCUT2D eigenvalue weighted by Gasteiger charge is 2.33. The quantitative estimate of drug-likeness (QED) is 0.344. The molecule has 0 unspecified atom stereocenters. The van der Waals surface area contributed by atoms with Crippen LogP contribution in [0.2, 0.25) is 0 Å². The Morgan fingerprint density at radius 3 is 2.15 bits per heavy atom. The van der Waals surface area contributed by atoms with Crippen molar-refractivity contribution in [3.8, 4) is 5.75 Å². The number of carbonyl (C=O) groups excluding carboxylic acids is 1. The zero-order valence-corrected chi connectivity index (χ0v) is 25.0. The highest BCUT2D eigenvalue weighted by atomic mass is 16.5. The normalized spacial score (nSPS) is 20.0. The Morgan fingerprint density at radius 1 is 0.878 bits per heavy atom. The van der Waals surface area contributed by atoms with Crippen LogP contribution in [0, 0.1) is 5.92 Å². The van der Waals surface area contributed by atoms with E-state index in [9.17, 15) is 4.79 Å². The zero-order chi connectivity index (χ0) is 28.6. The van der Waals surface area contributed by atoms with Crippen LogP contribution in [0.25, 0.3) is 0 Å². The number of rotatable bonds is 10. The van der Waals surface area contributed by atoms with Gasteiger partial charge in [0.05, 0.1) is 7.11 Å². The van der Waals surface area contributed by atoms with Crippen LogP contribution >= 0.6 is 0 Å². The summed E-state index contributed by atoms with van der Waals surface area (Å²) in [5.74, 6) is 2.00. The van der Waals surface area contributed by atoms with Crippen molar-refractivity contribution in [2.24, 2.45) is 5.92 Å². The average molecular weight is 555 g/mol. The number of hydrogen-bond acceptors (Lipinski definition) is 5. The molecule has 2 fully saturated rings. The fourth-order valence-electron chi connectivity index (χ4n) is 6.74. The van der Waals surface area contributed by atoms with E-state index in [1.807, 2.05) is 12.1 Å². The average Bonchev–Trinajstić information content (AvgIpc) is 3.03. The van der Waals surface area contributed by atoms with Crippen molar-refractivity contribution in [1.82, 2.24) is 14.7 Å². The Balaban J connectivity index is 1.18. The molecule has 2 aliphatic heterocycles. The van der Waals surface area contributed by atoms with E-state index < -0.39 is 0 Å². The van der Waals surface area contributed by atoms with Gasteiger partial charge in [-0.25, -0.2) is 0 Å². The Labute approximate surface area is 246 Å². The minimum atomic E-state index is 0.302. The summed E-state index contributed by atoms with van der Waals surface area (Å²) in [6.45, 7) is 6.41. The molecular weight excluding hydrogens is 508 g/mol. The van der Waals surface area contributed by atoms with E-state index in [4.69, 9.17) is 4.74 Å². The molecule has 0 bridgehead atoms. The van der Waals surface area contributed by atoms with Crippen LogP contribution in [0.5, 0.6) is 5.75 Å². The Kier molecular flexibility index (Phi) is 9.97. The van der Waals surface area contributed by atoms with Crippen LogP contribution in [0.4, 0.5) is 5.69 Å². The number of piperidine rings is 1. The van der Waals surface area contributed by atoms with Crippen molar-refractivity contribution in [2.75, 3.05) is 71.9 Å². The molecule has 0 aliphatic carbocycles. The lowest BCUT2D eigenvalue weighted by molar-refractivity contribution is -0.132. The van der Waals surface area contributed by atoms with E-state index in [0.29, 0.717) is 30.2 Å². The molecule has 0 radical (unpaired) electrons. The second-order valence-electron chi connectivity index (χ2n) is 11.8. The van der Waals surface area contributed by atoms with Gasteiger partial charge in [0, 0.05) is 69.4 Å². The number of hydrogen-bond donors (Lipinski definition) is 0. The van der Waals surface area contributed by atoms with Gasteiger partial charge in [-0.2, -0.15) is 0 Å². The standard InChI is InChI=1S/C35H46N4O2/c1-36(2)34-19-20-37(27-33(28-11-6-4-7-12-28)29-13-8-5-9-14-29)26-30(34)17-18-35(40)39-23-21-38(22-24-39)31-15-10-16-32(25-31)41-3/h4-16,25,30,33-34H,17-24,26-27H2,1-3H3/t30-,34+/m0/s1. The summed E-state index contributed by atoms with van der Waals surface area (Å²) < 4.78 is 5.40. The molecule has 218 valence electrons. The van der Waals surface area contributed by atoms with Crippen LogP contribution < -0.4 is 9.64 Å². The van der Waals surface area contributed by atoms with Crippen LogP contribution in [0.15, 0.2) is 84.9 Å². The zero-order valence-electron chi connectivity index (χ0n) is 25.0. The van der Waals surface area contributed by atoms with Crippen molar-refractivity contribution in [3.63, 3.8) is 0 Å².